The summed E-state index contributed by atoms with van der Waals surface area (Å²) in [6.07, 6.45) is 2.81. The van der Waals surface area contributed by atoms with Gasteiger partial charge in [-0.2, -0.15) is 0 Å². The number of amides is 1. The molecule has 0 aliphatic heterocycles. The highest BCUT2D eigenvalue weighted by molar-refractivity contribution is 5.77. The fourth-order valence-corrected chi connectivity index (χ4v) is 2.09. The van der Waals surface area contributed by atoms with Gasteiger partial charge in [0.1, 0.15) is 0 Å². The lowest BCUT2D eigenvalue weighted by Gasteiger charge is -2.19. The van der Waals surface area contributed by atoms with Crippen molar-refractivity contribution in [1.82, 2.24) is 5.32 Å². The molecule has 0 saturated heterocycles. The summed E-state index contributed by atoms with van der Waals surface area (Å²) in [4.78, 5) is 11.8. The molecule has 2 unspecified atom stereocenters. The lowest BCUT2D eigenvalue weighted by Crippen LogP contribution is -2.33. The first-order chi connectivity index (χ1) is 8.16. The van der Waals surface area contributed by atoms with E-state index >= 15 is 0 Å². The molecule has 92 valence electrons. The van der Waals surface area contributed by atoms with Crippen LogP contribution in [0.3, 0.4) is 0 Å². The summed E-state index contributed by atoms with van der Waals surface area (Å²) >= 11 is 0. The Balaban J connectivity index is 2.01. The summed E-state index contributed by atoms with van der Waals surface area (Å²) in [6, 6.07) is 10.3. The molecule has 0 heterocycles. The van der Waals surface area contributed by atoms with Crippen LogP contribution < -0.4 is 11.1 Å². The Hall–Kier alpha value is -1.35. The van der Waals surface area contributed by atoms with Crippen LogP contribution in [-0.2, 0) is 4.79 Å². The Morgan fingerprint density at radius 2 is 2.06 bits per heavy atom. The fraction of sp³-hybridized carbons (Fsp3) is 0.500. The van der Waals surface area contributed by atoms with Gasteiger partial charge < -0.3 is 11.1 Å². The van der Waals surface area contributed by atoms with E-state index in [4.69, 9.17) is 5.73 Å². The van der Waals surface area contributed by atoms with E-state index in [0.717, 1.165) is 0 Å². The van der Waals surface area contributed by atoms with E-state index in [-0.39, 0.29) is 18.0 Å². The molecule has 0 radical (unpaired) electrons. The third kappa shape index (κ3) is 3.56. The number of benzene rings is 1. The zero-order chi connectivity index (χ0) is 12.3. The van der Waals surface area contributed by atoms with Gasteiger partial charge in [0.05, 0.1) is 6.04 Å². The number of nitrogens with one attached hydrogen (secondary N) is 1. The normalized spacial score (nSPS) is 18.5. The molecule has 0 spiro atoms. The molecule has 3 N–H and O–H groups in total. The molecule has 1 aromatic rings. The van der Waals surface area contributed by atoms with E-state index in [1.54, 1.807) is 0 Å². The Labute approximate surface area is 102 Å². The van der Waals surface area contributed by atoms with E-state index in [9.17, 15) is 4.79 Å². The van der Waals surface area contributed by atoms with E-state index in [1.807, 2.05) is 25.1 Å². The van der Waals surface area contributed by atoms with Gasteiger partial charge in [0, 0.05) is 12.5 Å². The zero-order valence-electron chi connectivity index (χ0n) is 10.2. The molecule has 3 nitrogen and oxygen atoms in total. The third-order valence-corrected chi connectivity index (χ3v) is 3.08. The summed E-state index contributed by atoms with van der Waals surface area (Å²) in [5, 5.41) is 3.11. The maximum absolute atomic E-state index is 11.8. The van der Waals surface area contributed by atoms with Crippen LogP contribution in [0.5, 0.6) is 0 Å². The number of rotatable bonds is 5. The SMILES string of the molecule is CC(N)CC(=O)NC(c1ccccc1)C1CC1. The summed E-state index contributed by atoms with van der Waals surface area (Å²) in [6.45, 7) is 1.86. The second kappa shape index (κ2) is 5.32. The molecular formula is C14H20N2O. The molecule has 17 heavy (non-hydrogen) atoms. The monoisotopic (exact) mass is 232 g/mol. The smallest absolute Gasteiger partial charge is 0.222 e. The third-order valence-electron chi connectivity index (χ3n) is 3.08. The Morgan fingerprint density at radius 1 is 1.41 bits per heavy atom. The maximum Gasteiger partial charge on any atom is 0.222 e. The van der Waals surface area contributed by atoms with Crippen LogP contribution in [0.2, 0.25) is 0 Å². The average molecular weight is 232 g/mol. The van der Waals surface area contributed by atoms with Crippen molar-refractivity contribution in [2.24, 2.45) is 11.7 Å². The first-order valence-electron chi connectivity index (χ1n) is 6.26. The summed E-state index contributed by atoms with van der Waals surface area (Å²) in [5.41, 5.74) is 6.84. The lowest BCUT2D eigenvalue weighted by atomic mass is 10.0. The Bertz CT molecular complexity index is 371. The van der Waals surface area contributed by atoms with Crippen LogP contribution in [0, 0.1) is 5.92 Å². The van der Waals surface area contributed by atoms with Crippen molar-refractivity contribution < 1.29 is 4.79 Å². The number of carbonyl (C=O) groups excluding carboxylic acids is 1. The van der Waals surface area contributed by atoms with Gasteiger partial charge in [-0.3, -0.25) is 4.79 Å². The number of carbonyl (C=O) groups is 1. The van der Waals surface area contributed by atoms with Crippen molar-refractivity contribution >= 4 is 5.91 Å². The van der Waals surface area contributed by atoms with Gasteiger partial charge in [0.2, 0.25) is 5.91 Å². The van der Waals surface area contributed by atoms with Crippen molar-refractivity contribution in [3.63, 3.8) is 0 Å². The highest BCUT2D eigenvalue weighted by Crippen LogP contribution is 2.40. The van der Waals surface area contributed by atoms with Gasteiger partial charge >= 0.3 is 0 Å². The van der Waals surface area contributed by atoms with E-state index < -0.39 is 0 Å². The van der Waals surface area contributed by atoms with Gasteiger partial charge in [0.25, 0.3) is 0 Å². The Kier molecular flexibility index (Phi) is 3.79. The minimum Gasteiger partial charge on any atom is -0.349 e. The lowest BCUT2D eigenvalue weighted by molar-refractivity contribution is -0.122. The Morgan fingerprint density at radius 3 is 2.59 bits per heavy atom. The number of hydrogen-bond donors (Lipinski definition) is 2. The standard InChI is InChI=1S/C14H20N2O/c1-10(15)9-13(17)16-14(12-7-8-12)11-5-3-2-4-6-11/h2-6,10,12,14H,7-9,15H2,1H3,(H,16,17). The van der Waals surface area contributed by atoms with E-state index in [1.165, 1.54) is 18.4 Å². The second-order valence-corrected chi connectivity index (χ2v) is 4.97. The predicted molar refractivity (Wildman–Crippen MR) is 68.3 cm³/mol. The largest absolute Gasteiger partial charge is 0.349 e. The number of hydrogen-bond acceptors (Lipinski definition) is 2. The first-order valence-corrected chi connectivity index (χ1v) is 6.26. The second-order valence-electron chi connectivity index (χ2n) is 4.97. The van der Waals surface area contributed by atoms with Gasteiger partial charge in [-0.25, -0.2) is 0 Å². The van der Waals surface area contributed by atoms with Crippen LogP contribution >= 0.6 is 0 Å². The predicted octanol–water partition coefficient (Wildman–Crippen LogP) is 1.99. The summed E-state index contributed by atoms with van der Waals surface area (Å²) < 4.78 is 0. The molecule has 1 aliphatic rings. The topological polar surface area (TPSA) is 55.1 Å². The molecular weight excluding hydrogens is 212 g/mol. The van der Waals surface area contributed by atoms with Crippen LogP contribution in [-0.4, -0.2) is 11.9 Å². The minimum atomic E-state index is -0.0781. The molecule has 1 aliphatic carbocycles. The first kappa shape index (κ1) is 12.1. The van der Waals surface area contributed by atoms with Gasteiger partial charge in [-0.1, -0.05) is 30.3 Å². The van der Waals surface area contributed by atoms with Crippen LogP contribution in [0.15, 0.2) is 30.3 Å². The quantitative estimate of drug-likeness (QED) is 0.815. The highest BCUT2D eigenvalue weighted by Gasteiger charge is 2.33. The molecule has 3 heteroatoms. The van der Waals surface area contributed by atoms with E-state index in [2.05, 4.69) is 17.4 Å². The van der Waals surface area contributed by atoms with Gasteiger partial charge in [-0.05, 0) is 31.2 Å². The molecule has 1 aromatic carbocycles. The van der Waals surface area contributed by atoms with Crippen LogP contribution in [0.4, 0.5) is 0 Å². The number of nitrogens with two attached hydrogens (primary N) is 1. The van der Waals surface area contributed by atoms with Crippen LogP contribution in [0.1, 0.15) is 37.8 Å². The molecule has 1 saturated carbocycles. The minimum absolute atomic E-state index is 0.0563. The van der Waals surface area contributed by atoms with Gasteiger partial charge in [0.15, 0.2) is 0 Å². The van der Waals surface area contributed by atoms with Gasteiger partial charge in [-0.15, -0.1) is 0 Å². The zero-order valence-corrected chi connectivity index (χ0v) is 10.2. The maximum atomic E-state index is 11.8. The summed E-state index contributed by atoms with van der Waals surface area (Å²) in [5.74, 6) is 0.662. The average Bonchev–Trinajstić information content (AvgIpc) is 3.10. The molecule has 2 atom stereocenters. The van der Waals surface area contributed by atoms with E-state index in [0.29, 0.717) is 12.3 Å². The van der Waals surface area contributed by atoms with Crippen molar-refractivity contribution in [2.45, 2.75) is 38.3 Å². The van der Waals surface area contributed by atoms with Crippen molar-refractivity contribution in [3.8, 4) is 0 Å². The summed E-state index contributed by atoms with van der Waals surface area (Å²) in [7, 11) is 0. The molecule has 2 rings (SSSR count). The molecule has 1 fully saturated rings. The molecule has 0 bridgehead atoms. The van der Waals surface area contributed by atoms with Crippen molar-refractivity contribution in [2.75, 3.05) is 0 Å². The highest BCUT2D eigenvalue weighted by atomic mass is 16.1. The molecule has 1 amide bonds. The molecule has 0 aromatic heterocycles. The van der Waals surface area contributed by atoms with Crippen molar-refractivity contribution in [3.05, 3.63) is 35.9 Å². The fourth-order valence-electron chi connectivity index (χ4n) is 2.09. The van der Waals surface area contributed by atoms with Crippen LogP contribution in [0.25, 0.3) is 0 Å². The van der Waals surface area contributed by atoms with Crippen molar-refractivity contribution in [1.29, 1.82) is 0 Å².